The molecular formula is C15H16FNO2S. The zero-order valence-electron chi connectivity index (χ0n) is 11.1. The average Bonchev–Trinajstić information content (AvgIpc) is 2.38. The topological polar surface area (TPSA) is 60.2 Å². The minimum atomic E-state index is -3.60. The molecule has 0 radical (unpaired) electrons. The van der Waals surface area contributed by atoms with Crippen molar-refractivity contribution in [2.45, 2.75) is 24.0 Å². The van der Waals surface area contributed by atoms with Crippen LogP contribution >= 0.6 is 0 Å². The van der Waals surface area contributed by atoms with Crippen molar-refractivity contribution in [1.29, 1.82) is 0 Å². The van der Waals surface area contributed by atoms with Crippen molar-refractivity contribution in [2.24, 2.45) is 0 Å². The smallest absolute Gasteiger partial charge is 0.182 e. The number of halogens is 1. The van der Waals surface area contributed by atoms with Crippen LogP contribution in [-0.2, 0) is 22.0 Å². The molecule has 106 valence electrons. The van der Waals surface area contributed by atoms with Crippen LogP contribution in [-0.4, -0.2) is 8.42 Å². The molecule has 5 heteroatoms. The van der Waals surface area contributed by atoms with Gasteiger partial charge < -0.3 is 5.73 Å². The third-order valence-corrected chi connectivity index (χ3v) is 4.71. The van der Waals surface area contributed by atoms with Gasteiger partial charge in [-0.15, -0.1) is 0 Å². The fraction of sp³-hybridized carbons (Fsp3) is 0.200. The molecule has 0 fully saturated rings. The van der Waals surface area contributed by atoms with E-state index in [0.29, 0.717) is 5.56 Å². The Morgan fingerprint density at radius 1 is 1.05 bits per heavy atom. The summed E-state index contributed by atoms with van der Waals surface area (Å²) < 4.78 is 37.7. The minimum Gasteiger partial charge on any atom is -0.399 e. The van der Waals surface area contributed by atoms with Gasteiger partial charge in [0.2, 0.25) is 0 Å². The Bertz CT molecular complexity index is 689. The van der Waals surface area contributed by atoms with Crippen molar-refractivity contribution in [1.82, 2.24) is 0 Å². The predicted octanol–water partition coefficient (Wildman–Crippen LogP) is 2.94. The van der Waals surface area contributed by atoms with Crippen LogP contribution in [0.5, 0.6) is 0 Å². The Labute approximate surface area is 118 Å². The Hall–Kier alpha value is -1.88. The third-order valence-electron chi connectivity index (χ3n) is 3.04. The normalized spacial score (nSPS) is 11.5. The van der Waals surface area contributed by atoms with Crippen LogP contribution in [0, 0.1) is 5.82 Å². The maximum atomic E-state index is 13.3. The maximum absolute atomic E-state index is 13.3. The summed E-state index contributed by atoms with van der Waals surface area (Å²) in [6.07, 6.45) is 0.896. The average molecular weight is 293 g/mol. The molecule has 0 aliphatic carbocycles. The van der Waals surface area contributed by atoms with E-state index < -0.39 is 15.7 Å². The molecule has 0 amide bonds. The maximum Gasteiger partial charge on any atom is 0.182 e. The van der Waals surface area contributed by atoms with E-state index in [-0.39, 0.29) is 16.3 Å². The molecule has 0 atom stereocenters. The second-order valence-electron chi connectivity index (χ2n) is 4.65. The van der Waals surface area contributed by atoms with Crippen LogP contribution in [0.3, 0.4) is 0 Å². The van der Waals surface area contributed by atoms with Gasteiger partial charge in [-0.3, -0.25) is 0 Å². The van der Waals surface area contributed by atoms with Gasteiger partial charge in [-0.2, -0.15) is 0 Å². The van der Waals surface area contributed by atoms with Crippen LogP contribution in [0.25, 0.3) is 0 Å². The van der Waals surface area contributed by atoms with E-state index in [1.807, 2.05) is 19.1 Å². The van der Waals surface area contributed by atoms with Crippen molar-refractivity contribution >= 4 is 15.5 Å². The van der Waals surface area contributed by atoms with Gasteiger partial charge in [0.05, 0.1) is 10.6 Å². The number of aryl methyl sites for hydroxylation is 1. The number of hydrogen-bond donors (Lipinski definition) is 1. The molecule has 0 aliphatic heterocycles. The van der Waals surface area contributed by atoms with E-state index in [1.54, 1.807) is 12.1 Å². The highest BCUT2D eigenvalue weighted by molar-refractivity contribution is 7.90. The molecule has 0 spiro atoms. The Morgan fingerprint density at radius 3 is 2.20 bits per heavy atom. The highest BCUT2D eigenvalue weighted by atomic mass is 32.2. The molecule has 0 unspecified atom stereocenters. The van der Waals surface area contributed by atoms with Gasteiger partial charge >= 0.3 is 0 Å². The fourth-order valence-electron chi connectivity index (χ4n) is 1.94. The molecule has 2 aromatic carbocycles. The third kappa shape index (κ3) is 3.36. The van der Waals surface area contributed by atoms with Gasteiger partial charge in [-0.25, -0.2) is 12.8 Å². The summed E-state index contributed by atoms with van der Waals surface area (Å²) in [5.74, 6) is -0.815. The van der Waals surface area contributed by atoms with E-state index in [9.17, 15) is 12.8 Å². The summed E-state index contributed by atoms with van der Waals surface area (Å²) in [5, 5.41) is 0. The van der Waals surface area contributed by atoms with Crippen molar-refractivity contribution in [2.75, 3.05) is 5.73 Å². The molecule has 3 nitrogen and oxygen atoms in total. The van der Waals surface area contributed by atoms with Crippen LogP contribution in [0.1, 0.15) is 18.1 Å². The lowest BCUT2D eigenvalue weighted by atomic mass is 10.1. The number of hydrogen-bond acceptors (Lipinski definition) is 3. The molecule has 2 aromatic rings. The fourth-order valence-corrected chi connectivity index (χ4v) is 3.34. The second kappa shape index (κ2) is 5.63. The highest BCUT2D eigenvalue weighted by Gasteiger charge is 2.17. The van der Waals surface area contributed by atoms with Gasteiger partial charge in [0.1, 0.15) is 5.82 Å². The Kier molecular flexibility index (Phi) is 4.09. The van der Waals surface area contributed by atoms with Gasteiger partial charge in [0.15, 0.2) is 9.84 Å². The number of benzene rings is 2. The first-order chi connectivity index (χ1) is 9.40. The molecule has 0 saturated heterocycles. The molecule has 0 bridgehead atoms. The Morgan fingerprint density at radius 2 is 1.65 bits per heavy atom. The van der Waals surface area contributed by atoms with E-state index in [1.165, 1.54) is 6.07 Å². The number of rotatable bonds is 4. The molecule has 2 N–H and O–H groups in total. The van der Waals surface area contributed by atoms with Gasteiger partial charge in [0, 0.05) is 5.69 Å². The summed E-state index contributed by atoms with van der Waals surface area (Å²) in [4.78, 5) is -0.0884. The SMILES string of the molecule is CCc1ccc(CS(=O)(=O)c2cc(N)cc(F)c2)cc1. The lowest BCUT2D eigenvalue weighted by Gasteiger charge is -2.07. The number of anilines is 1. The zero-order valence-corrected chi connectivity index (χ0v) is 12.0. The van der Waals surface area contributed by atoms with E-state index in [2.05, 4.69) is 0 Å². The highest BCUT2D eigenvalue weighted by Crippen LogP contribution is 2.20. The van der Waals surface area contributed by atoms with Gasteiger partial charge in [-0.1, -0.05) is 31.2 Å². The summed E-state index contributed by atoms with van der Waals surface area (Å²) >= 11 is 0. The monoisotopic (exact) mass is 293 g/mol. The van der Waals surface area contributed by atoms with E-state index in [0.717, 1.165) is 24.1 Å². The number of nitrogen functional groups attached to an aromatic ring is 1. The van der Waals surface area contributed by atoms with Crippen molar-refractivity contribution in [3.63, 3.8) is 0 Å². The molecule has 0 heterocycles. The minimum absolute atomic E-state index is 0.0884. The molecule has 0 saturated carbocycles. The van der Waals surface area contributed by atoms with Crippen LogP contribution in [0.15, 0.2) is 47.4 Å². The van der Waals surface area contributed by atoms with Crippen LogP contribution in [0.4, 0.5) is 10.1 Å². The second-order valence-corrected chi connectivity index (χ2v) is 6.64. The van der Waals surface area contributed by atoms with Crippen molar-refractivity contribution in [3.8, 4) is 0 Å². The first-order valence-electron chi connectivity index (χ1n) is 6.27. The van der Waals surface area contributed by atoms with Gasteiger partial charge in [-0.05, 0) is 35.7 Å². The molecule has 0 aliphatic rings. The van der Waals surface area contributed by atoms with E-state index >= 15 is 0 Å². The Balaban J connectivity index is 2.30. The summed E-state index contributed by atoms with van der Waals surface area (Å²) in [7, 11) is -3.60. The molecular weight excluding hydrogens is 277 g/mol. The summed E-state index contributed by atoms with van der Waals surface area (Å²) in [6.45, 7) is 2.03. The summed E-state index contributed by atoms with van der Waals surface area (Å²) in [6, 6.07) is 10.7. The zero-order chi connectivity index (χ0) is 14.8. The molecule has 20 heavy (non-hydrogen) atoms. The lowest BCUT2D eigenvalue weighted by molar-refractivity contribution is 0.590. The predicted molar refractivity (Wildman–Crippen MR) is 77.5 cm³/mol. The first-order valence-corrected chi connectivity index (χ1v) is 7.92. The summed E-state index contributed by atoms with van der Waals surface area (Å²) in [5.41, 5.74) is 7.40. The van der Waals surface area contributed by atoms with E-state index in [4.69, 9.17) is 5.73 Å². The van der Waals surface area contributed by atoms with Crippen molar-refractivity contribution < 1.29 is 12.8 Å². The first kappa shape index (κ1) is 14.5. The number of sulfone groups is 1. The van der Waals surface area contributed by atoms with Crippen LogP contribution in [0.2, 0.25) is 0 Å². The van der Waals surface area contributed by atoms with Gasteiger partial charge in [0.25, 0.3) is 0 Å². The lowest BCUT2D eigenvalue weighted by Crippen LogP contribution is -2.06. The van der Waals surface area contributed by atoms with Crippen LogP contribution < -0.4 is 5.73 Å². The quantitative estimate of drug-likeness (QED) is 0.882. The molecule has 0 aromatic heterocycles. The van der Waals surface area contributed by atoms with Crippen molar-refractivity contribution in [3.05, 3.63) is 59.4 Å². The number of nitrogens with two attached hydrogens (primary N) is 1. The standard InChI is InChI=1S/C15H16FNO2S/c1-2-11-3-5-12(6-4-11)10-20(18,19)15-8-13(16)7-14(17)9-15/h3-9H,2,10,17H2,1H3. The largest absolute Gasteiger partial charge is 0.399 e. The molecule has 2 rings (SSSR count).